The van der Waals surface area contributed by atoms with Crippen LogP contribution in [0.1, 0.15) is 82.0 Å². The lowest BCUT2D eigenvalue weighted by Crippen LogP contribution is -2.54. The number of esters is 1. The highest BCUT2D eigenvalue weighted by molar-refractivity contribution is 5.89. The number of aliphatic hydroxyl groups is 1. The largest absolute Gasteiger partial charge is 0.458 e. The van der Waals surface area contributed by atoms with Gasteiger partial charge in [-0.3, -0.25) is 0 Å². The first-order valence-electron chi connectivity index (χ1n) is 11.9. The number of hydrogen-bond acceptors (Lipinski definition) is 3. The minimum atomic E-state index is -0.156. The first-order chi connectivity index (χ1) is 13.9. The molecule has 0 bridgehead atoms. The highest BCUT2D eigenvalue weighted by Crippen LogP contribution is 2.66. The normalized spacial score (nSPS) is 46.3. The van der Waals surface area contributed by atoms with Crippen molar-refractivity contribution in [2.45, 2.75) is 83.8 Å². The smallest absolute Gasteiger partial charge is 0.338 e. The maximum absolute atomic E-state index is 12.7. The van der Waals surface area contributed by atoms with Gasteiger partial charge in [0.1, 0.15) is 6.10 Å². The molecule has 0 radical (unpaired) electrons. The van der Waals surface area contributed by atoms with Crippen LogP contribution in [0.5, 0.6) is 0 Å². The van der Waals surface area contributed by atoms with E-state index in [9.17, 15) is 9.90 Å². The van der Waals surface area contributed by atoms with Crippen molar-refractivity contribution in [3.8, 4) is 0 Å². The van der Waals surface area contributed by atoms with E-state index in [-0.39, 0.29) is 23.6 Å². The summed E-state index contributed by atoms with van der Waals surface area (Å²) in [6.45, 7) is 4.94. The molecule has 0 aliphatic heterocycles. The second kappa shape index (κ2) is 7.11. The topological polar surface area (TPSA) is 46.5 Å². The molecule has 1 N–H and O–H groups in total. The lowest BCUT2D eigenvalue weighted by Gasteiger charge is -2.60. The van der Waals surface area contributed by atoms with Gasteiger partial charge in [-0.1, -0.05) is 32.0 Å². The molecular weight excluding hydrogens is 360 g/mol. The average molecular weight is 397 g/mol. The van der Waals surface area contributed by atoms with Crippen molar-refractivity contribution in [3.05, 3.63) is 35.9 Å². The van der Waals surface area contributed by atoms with Crippen LogP contribution in [-0.4, -0.2) is 23.3 Å². The van der Waals surface area contributed by atoms with Crippen molar-refractivity contribution in [3.63, 3.8) is 0 Å². The van der Waals surface area contributed by atoms with Crippen molar-refractivity contribution < 1.29 is 14.6 Å². The van der Waals surface area contributed by atoms with Crippen LogP contribution in [0.3, 0.4) is 0 Å². The summed E-state index contributed by atoms with van der Waals surface area (Å²) >= 11 is 0. The van der Waals surface area contributed by atoms with Crippen molar-refractivity contribution in [2.24, 2.45) is 34.5 Å². The number of fused-ring (bicyclic) bond motifs is 5. The number of ether oxygens (including phenoxy) is 1. The van der Waals surface area contributed by atoms with E-state index in [0.717, 1.165) is 31.1 Å². The molecule has 1 aromatic carbocycles. The molecule has 3 heteroatoms. The van der Waals surface area contributed by atoms with E-state index in [1.165, 1.54) is 38.5 Å². The van der Waals surface area contributed by atoms with Gasteiger partial charge < -0.3 is 9.84 Å². The van der Waals surface area contributed by atoms with Crippen LogP contribution in [0, 0.1) is 34.5 Å². The molecule has 5 rings (SSSR count). The fourth-order valence-corrected chi connectivity index (χ4v) is 8.15. The number of aliphatic hydroxyl groups excluding tert-OH is 1. The van der Waals surface area contributed by atoms with Crippen LogP contribution < -0.4 is 0 Å². The van der Waals surface area contributed by atoms with Gasteiger partial charge >= 0.3 is 5.97 Å². The highest BCUT2D eigenvalue weighted by atomic mass is 16.5. The van der Waals surface area contributed by atoms with Gasteiger partial charge in [0.2, 0.25) is 0 Å². The van der Waals surface area contributed by atoms with Crippen LogP contribution in [0.2, 0.25) is 0 Å². The third kappa shape index (κ3) is 3.07. The molecule has 0 amide bonds. The van der Waals surface area contributed by atoms with E-state index in [2.05, 4.69) is 13.8 Å². The summed E-state index contributed by atoms with van der Waals surface area (Å²) in [5.41, 5.74) is 1.20. The second-order valence-electron chi connectivity index (χ2n) is 11.0. The molecule has 0 saturated heterocycles. The third-order valence-corrected chi connectivity index (χ3v) is 9.81. The van der Waals surface area contributed by atoms with E-state index >= 15 is 0 Å². The predicted molar refractivity (Wildman–Crippen MR) is 113 cm³/mol. The highest BCUT2D eigenvalue weighted by Gasteiger charge is 2.61. The molecule has 4 aliphatic carbocycles. The van der Waals surface area contributed by atoms with Crippen LogP contribution in [0.4, 0.5) is 0 Å². The molecule has 4 saturated carbocycles. The Morgan fingerprint density at radius 3 is 2.45 bits per heavy atom. The molecule has 29 heavy (non-hydrogen) atoms. The standard InChI is InChI=1S/C26H36O3/c1-25-14-12-19(27)16-18(25)8-9-20-21-10-11-23(26(21,2)15-13-22(20)25)29-24(28)17-6-4-3-5-7-17/h3-7,18-23,27H,8-16H2,1-2H3/t18-,19+,20+,21+,22-,23-,25-,26+/m0/s1. The quantitative estimate of drug-likeness (QED) is 0.660. The first kappa shape index (κ1) is 19.6. The van der Waals surface area contributed by atoms with Crippen molar-refractivity contribution in [1.29, 1.82) is 0 Å². The Morgan fingerprint density at radius 2 is 1.66 bits per heavy atom. The molecule has 0 aromatic heterocycles. The van der Waals surface area contributed by atoms with Crippen molar-refractivity contribution in [2.75, 3.05) is 0 Å². The van der Waals surface area contributed by atoms with E-state index in [4.69, 9.17) is 4.74 Å². The minimum Gasteiger partial charge on any atom is -0.458 e. The van der Waals surface area contributed by atoms with Gasteiger partial charge in [0.25, 0.3) is 0 Å². The summed E-state index contributed by atoms with van der Waals surface area (Å²) in [4.78, 5) is 12.7. The van der Waals surface area contributed by atoms with Gasteiger partial charge in [-0.2, -0.15) is 0 Å². The Balaban J connectivity index is 1.34. The summed E-state index contributed by atoms with van der Waals surface area (Å²) in [6.07, 6.45) is 10.4. The fourth-order valence-electron chi connectivity index (χ4n) is 8.15. The van der Waals surface area contributed by atoms with Crippen LogP contribution in [0.25, 0.3) is 0 Å². The van der Waals surface area contributed by atoms with E-state index in [1.54, 1.807) is 0 Å². The Hall–Kier alpha value is -1.35. The molecular formula is C26H36O3. The van der Waals surface area contributed by atoms with Gasteiger partial charge in [-0.25, -0.2) is 4.79 Å². The number of rotatable bonds is 2. The SMILES string of the molecule is C[C@@]12CC[C@H]3[C@H](CC[C@H]4C[C@H](O)CC[C@@]43C)[C@H]1CC[C@@H]2OC(=O)c1ccccc1. The lowest BCUT2D eigenvalue weighted by molar-refractivity contribution is -0.134. The Kier molecular flexibility index (Phi) is 4.81. The predicted octanol–water partition coefficient (Wildman–Crippen LogP) is 5.62. The third-order valence-electron chi connectivity index (χ3n) is 9.81. The monoisotopic (exact) mass is 396 g/mol. The summed E-state index contributed by atoms with van der Waals surface area (Å²) < 4.78 is 6.12. The molecule has 8 atom stereocenters. The molecule has 1 aromatic rings. The van der Waals surface area contributed by atoms with E-state index < -0.39 is 0 Å². The average Bonchev–Trinajstić information content (AvgIpc) is 3.05. The van der Waals surface area contributed by atoms with Gasteiger partial charge in [0, 0.05) is 5.41 Å². The zero-order valence-electron chi connectivity index (χ0n) is 18.0. The molecule has 0 spiro atoms. The fraction of sp³-hybridized carbons (Fsp3) is 0.731. The van der Waals surface area contributed by atoms with Gasteiger partial charge in [0.15, 0.2) is 0 Å². The van der Waals surface area contributed by atoms with Crippen molar-refractivity contribution in [1.82, 2.24) is 0 Å². The molecule has 4 aliphatic rings. The zero-order chi connectivity index (χ0) is 20.2. The summed E-state index contributed by atoms with van der Waals surface area (Å²) in [5.74, 6) is 2.78. The van der Waals surface area contributed by atoms with Crippen molar-refractivity contribution >= 4 is 5.97 Å². The number of benzene rings is 1. The minimum absolute atomic E-state index is 0.0554. The first-order valence-corrected chi connectivity index (χ1v) is 11.9. The zero-order valence-corrected chi connectivity index (χ0v) is 18.0. The number of carbonyl (C=O) groups is 1. The Labute approximate surface area is 175 Å². The Morgan fingerprint density at radius 1 is 0.931 bits per heavy atom. The number of carbonyl (C=O) groups excluding carboxylic acids is 1. The maximum Gasteiger partial charge on any atom is 0.338 e. The summed E-state index contributed by atoms with van der Waals surface area (Å²) in [6, 6.07) is 9.45. The molecule has 4 fully saturated rings. The lowest BCUT2D eigenvalue weighted by atomic mass is 9.45. The molecule has 3 nitrogen and oxygen atoms in total. The second-order valence-corrected chi connectivity index (χ2v) is 11.0. The van der Waals surface area contributed by atoms with Gasteiger partial charge in [-0.15, -0.1) is 0 Å². The maximum atomic E-state index is 12.7. The van der Waals surface area contributed by atoms with E-state index in [1.807, 2.05) is 30.3 Å². The van der Waals surface area contributed by atoms with Gasteiger partial charge in [0.05, 0.1) is 11.7 Å². The summed E-state index contributed by atoms with van der Waals surface area (Å²) in [7, 11) is 0. The van der Waals surface area contributed by atoms with Crippen LogP contribution >= 0.6 is 0 Å². The number of hydrogen-bond donors (Lipinski definition) is 1. The summed E-state index contributed by atoms with van der Waals surface area (Å²) in [5, 5.41) is 10.2. The molecule has 0 heterocycles. The van der Waals surface area contributed by atoms with E-state index in [0.29, 0.717) is 22.8 Å². The van der Waals surface area contributed by atoms with Crippen LogP contribution in [0.15, 0.2) is 30.3 Å². The Bertz CT molecular complexity index is 760. The molecule has 0 unspecified atom stereocenters. The molecule has 158 valence electrons. The van der Waals surface area contributed by atoms with Gasteiger partial charge in [-0.05, 0) is 99.0 Å². The van der Waals surface area contributed by atoms with Crippen LogP contribution in [-0.2, 0) is 4.74 Å².